The maximum absolute atomic E-state index is 12.3. The quantitative estimate of drug-likeness (QED) is 0.816. The van der Waals surface area contributed by atoms with Crippen LogP contribution in [0.4, 0.5) is 10.5 Å². The number of carbonyl (C=O) groups is 1. The van der Waals surface area contributed by atoms with Crippen molar-refractivity contribution in [2.24, 2.45) is 0 Å². The van der Waals surface area contributed by atoms with E-state index in [4.69, 9.17) is 5.73 Å². The zero-order chi connectivity index (χ0) is 13.1. The van der Waals surface area contributed by atoms with Gasteiger partial charge >= 0.3 is 6.03 Å². The third kappa shape index (κ3) is 2.58. The van der Waals surface area contributed by atoms with Gasteiger partial charge in [0.1, 0.15) is 0 Å². The van der Waals surface area contributed by atoms with Gasteiger partial charge in [0.15, 0.2) is 0 Å². The number of anilines is 1. The molecule has 1 unspecified atom stereocenters. The molecule has 1 saturated heterocycles. The lowest BCUT2D eigenvalue weighted by Gasteiger charge is -2.29. The highest BCUT2D eigenvalue weighted by molar-refractivity contribution is 5.75. The highest BCUT2D eigenvalue weighted by atomic mass is 16.2. The minimum absolute atomic E-state index is 0.0431. The van der Waals surface area contributed by atoms with Crippen molar-refractivity contribution < 1.29 is 4.79 Å². The van der Waals surface area contributed by atoms with Crippen molar-refractivity contribution in [1.29, 1.82) is 0 Å². The molecule has 0 radical (unpaired) electrons. The Balaban J connectivity index is 2.08. The van der Waals surface area contributed by atoms with Gasteiger partial charge in [-0.25, -0.2) is 4.79 Å². The second kappa shape index (κ2) is 5.29. The lowest BCUT2D eigenvalue weighted by atomic mass is 10.1. The first-order valence-electron chi connectivity index (χ1n) is 6.47. The van der Waals surface area contributed by atoms with Crippen molar-refractivity contribution in [2.75, 3.05) is 25.9 Å². The molecule has 0 spiro atoms. The summed E-state index contributed by atoms with van der Waals surface area (Å²) in [5, 5.41) is 0. The number of nitrogen functional groups attached to an aromatic ring is 1. The SMILES string of the molecule is CC(c1cccc(N)c1)N(C)C(=O)N1CCCC1. The van der Waals surface area contributed by atoms with E-state index in [0.717, 1.165) is 37.2 Å². The molecule has 1 atom stereocenters. The van der Waals surface area contributed by atoms with Crippen LogP contribution in [0.25, 0.3) is 0 Å². The molecular weight excluding hydrogens is 226 g/mol. The molecular formula is C14H21N3O. The number of carbonyl (C=O) groups excluding carboxylic acids is 1. The number of nitrogens with two attached hydrogens (primary N) is 1. The first-order valence-corrected chi connectivity index (χ1v) is 6.47. The zero-order valence-electron chi connectivity index (χ0n) is 11.1. The van der Waals surface area contributed by atoms with Crippen LogP contribution in [0.1, 0.15) is 31.4 Å². The van der Waals surface area contributed by atoms with E-state index in [1.54, 1.807) is 4.90 Å². The van der Waals surface area contributed by atoms with Gasteiger partial charge in [0, 0.05) is 25.8 Å². The average molecular weight is 247 g/mol. The Bertz CT molecular complexity index is 427. The van der Waals surface area contributed by atoms with Gasteiger partial charge in [-0.2, -0.15) is 0 Å². The van der Waals surface area contributed by atoms with Gasteiger partial charge in [0.05, 0.1) is 6.04 Å². The summed E-state index contributed by atoms with van der Waals surface area (Å²) in [5.74, 6) is 0. The first-order chi connectivity index (χ1) is 8.59. The molecule has 4 nitrogen and oxygen atoms in total. The minimum atomic E-state index is 0.0431. The number of hydrogen-bond donors (Lipinski definition) is 1. The molecule has 1 aromatic rings. The van der Waals surface area contributed by atoms with E-state index < -0.39 is 0 Å². The normalized spacial score (nSPS) is 16.7. The largest absolute Gasteiger partial charge is 0.399 e. The average Bonchev–Trinajstić information content (AvgIpc) is 2.90. The molecule has 18 heavy (non-hydrogen) atoms. The van der Waals surface area contributed by atoms with Crippen LogP contribution in [0.2, 0.25) is 0 Å². The van der Waals surface area contributed by atoms with E-state index in [9.17, 15) is 4.79 Å². The summed E-state index contributed by atoms with van der Waals surface area (Å²) in [6.07, 6.45) is 2.23. The summed E-state index contributed by atoms with van der Waals surface area (Å²) in [7, 11) is 1.86. The van der Waals surface area contributed by atoms with Gasteiger partial charge in [-0.15, -0.1) is 0 Å². The fraction of sp³-hybridized carbons (Fsp3) is 0.500. The van der Waals surface area contributed by atoms with Crippen LogP contribution in [0, 0.1) is 0 Å². The molecule has 1 aliphatic heterocycles. The Morgan fingerprint density at radius 2 is 2.06 bits per heavy atom. The summed E-state index contributed by atoms with van der Waals surface area (Å²) in [6, 6.07) is 7.88. The molecule has 98 valence electrons. The number of amides is 2. The monoisotopic (exact) mass is 247 g/mol. The van der Waals surface area contributed by atoms with Crippen LogP contribution in [0.3, 0.4) is 0 Å². The van der Waals surface area contributed by atoms with E-state index in [-0.39, 0.29) is 12.1 Å². The van der Waals surface area contributed by atoms with E-state index in [1.807, 2.05) is 43.1 Å². The molecule has 2 amide bonds. The molecule has 2 N–H and O–H groups in total. The molecule has 1 heterocycles. The Kier molecular flexibility index (Phi) is 3.75. The van der Waals surface area contributed by atoms with Crippen LogP contribution >= 0.6 is 0 Å². The fourth-order valence-corrected chi connectivity index (χ4v) is 2.34. The lowest BCUT2D eigenvalue weighted by Crippen LogP contribution is -2.40. The second-order valence-corrected chi connectivity index (χ2v) is 4.93. The van der Waals surface area contributed by atoms with Crippen molar-refractivity contribution >= 4 is 11.7 Å². The van der Waals surface area contributed by atoms with Crippen molar-refractivity contribution in [3.63, 3.8) is 0 Å². The summed E-state index contributed by atoms with van der Waals surface area (Å²) in [6.45, 7) is 3.79. The van der Waals surface area contributed by atoms with Gasteiger partial charge < -0.3 is 15.5 Å². The van der Waals surface area contributed by atoms with E-state index in [2.05, 4.69) is 0 Å². The van der Waals surface area contributed by atoms with Crippen molar-refractivity contribution in [3.8, 4) is 0 Å². The molecule has 2 rings (SSSR count). The number of benzene rings is 1. The number of likely N-dealkylation sites (tertiary alicyclic amines) is 1. The minimum Gasteiger partial charge on any atom is -0.399 e. The summed E-state index contributed by atoms with van der Waals surface area (Å²) >= 11 is 0. The fourth-order valence-electron chi connectivity index (χ4n) is 2.34. The first kappa shape index (κ1) is 12.7. The van der Waals surface area contributed by atoms with Crippen LogP contribution in [0.15, 0.2) is 24.3 Å². The summed E-state index contributed by atoms with van der Waals surface area (Å²) in [5.41, 5.74) is 7.59. The Morgan fingerprint density at radius 1 is 1.39 bits per heavy atom. The predicted octanol–water partition coefficient (Wildman–Crippen LogP) is 2.48. The smallest absolute Gasteiger partial charge is 0.320 e. The summed E-state index contributed by atoms with van der Waals surface area (Å²) in [4.78, 5) is 16.0. The van der Waals surface area contributed by atoms with Crippen LogP contribution in [-0.4, -0.2) is 36.0 Å². The van der Waals surface area contributed by atoms with E-state index in [1.165, 1.54) is 0 Å². The molecule has 4 heteroatoms. The third-order valence-electron chi connectivity index (χ3n) is 3.65. The molecule has 0 aliphatic carbocycles. The maximum Gasteiger partial charge on any atom is 0.320 e. The van der Waals surface area contributed by atoms with E-state index >= 15 is 0 Å². The second-order valence-electron chi connectivity index (χ2n) is 4.93. The number of rotatable bonds is 2. The van der Waals surface area contributed by atoms with Crippen LogP contribution in [0.5, 0.6) is 0 Å². The molecule has 0 saturated carbocycles. The molecule has 1 fully saturated rings. The number of urea groups is 1. The van der Waals surface area contributed by atoms with Crippen LogP contribution < -0.4 is 5.73 Å². The predicted molar refractivity (Wildman–Crippen MR) is 73.2 cm³/mol. The Morgan fingerprint density at radius 3 is 2.67 bits per heavy atom. The standard InChI is InChI=1S/C14H21N3O/c1-11(12-6-5-7-13(15)10-12)16(2)14(18)17-8-3-4-9-17/h5-7,10-11H,3-4,8-9,15H2,1-2H3. The van der Waals surface area contributed by atoms with Gasteiger partial charge in [0.2, 0.25) is 0 Å². The zero-order valence-corrected chi connectivity index (χ0v) is 11.1. The van der Waals surface area contributed by atoms with Crippen LogP contribution in [-0.2, 0) is 0 Å². The van der Waals surface area contributed by atoms with Gasteiger partial charge in [0.25, 0.3) is 0 Å². The Labute approximate surface area is 108 Å². The molecule has 1 aromatic carbocycles. The van der Waals surface area contributed by atoms with Crippen molar-refractivity contribution in [2.45, 2.75) is 25.8 Å². The summed E-state index contributed by atoms with van der Waals surface area (Å²) < 4.78 is 0. The topological polar surface area (TPSA) is 49.6 Å². The van der Waals surface area contributed by atoms with E-state index in [0.29, 0.717) is 0 Å². The lowest BCUT2D eigenvalue weighted by molar-refractivity contribution is 0.159. The number of hydrogen-bond acceptors (Lipinski definition) is 2. The number of nitrogens with zero attached hydrogens (tertiary/aromatic N) is 2. The highest BCUT2D eigenvalue weighted by Crippen LogP contribution is 2.22. The molecule has 0 aromatic heterocycles. The van der Waals surface area contributed by atoms with Crippen molar-refractivity contribution in [1.82, 2.24) is 9.80 Å². The van der Waals surface area contributed by atoms with Gasteiger partial charge in [-0.05, 0) is 37.5 Å². The van der Waals surface area contributed by atoms with Gasteiger partial charge in [-0.3, -0.25) is 0 Å². The molecule has 1 aliphatic rings. The van der Waals surface area contributed by atoms with Crippen molar-refractivity contribution in [3.05, 3.63) is 29.8 Å². The van der Waals surface area contributed by atoms with Gasteiger partial charge in [-0.1, -0.05) is 12.1 Å². The maximum atomic E-state index is 12.3. The third-order valence-corrected chi connectivity index (χ3v) is 3.65. The highest BCUT2D eigenvalue weighted by Gasteiger charge is 2.24. The molecule has 0 bridgehead atoms. The Hall–Kier alpha value is -1.71.